The van der Waals surface area contributed by atoms with Crippen molar-refractivity contribution in [1.29, 1.82) is 5.26 Å². The van der Waals surface area contributed by atoms with Gasteiger partial charge in [-0.1, -0.05) is 52.3 Å². The Balaban J connectivity index is 1.70. The highest BCUT2D eigenvalue weighted by atomic mass is 79.9. The molecule has 1 aliphatic carbocycles. The molecule has 1 aliphatic rings. The van der Waals surface area contributed by atoms with Crippen LogP contribution >= 0.6 is 15.9 Å². The molecule has 2 aromatic carbocycles. The number of aryl methyl sites for hydroxylation is 1. The summed E-state index contributed by atoms with van der Waals surface area (Å²) in [7, 11) is 0. The lowest BCUT2D eigenvalue weighted by atomic mass is 9.62. The SMILES string of the molecule is Cc1ccc(NC2CC(C#N)(c3ccccc3)C2)cc1Br. The normalized spacial score (nSPS) is 24.0. The summed E-state index contributed by atoms with van der Waals surface area (Å²) >= 11 is 3.56. The molecule has 2 nitrogen and oxygen atoms in total. The fourth-order valence-corrected chi connectivity index (χ4v) is 3.33. The molecular weight excluding hydrogens is 324 g/mol. The third-order valence-electron chi connectivity index (χ3n) is 4.27. The maximum atomic E-state index is 9.57. The van der Waals surface area contributed by atoms with E-state index < -0.39 is 0 Å². The molecule has 0 spiro atoms. The Morgan fingerprint density at radius 1 is 1.19 bits per heavy atom. The molecule has 0 saturated heterocycles. The van der Waals surface area contributed by atoms with Gasteiger partial charge >= 0.3 is 0 Å². The molecule has 1 saturated carbocycles. The van der Waals surface area contributed by atoms with Gasteiger partial charge in [-0.2, -0.15) is 5.26 Å². The first-order valence-corrected chi connectivity index (χ1v) is 7.92. The zero-order valence-corrected chi connectivity index (χ0v) is 13.5. The summed E-state index contributed by atoms with van der Waals surface area (Å²) in [6, 6.07) is 19.3. The minimum Gasteiger partial charge on any atom is -0.382 e. The van der Waals surface area contributed by atoms with E-state index in [9.17, 15) is 5.26 Å². The number of nitriles is 1. The Kier molecular flexibility index (Phi) is 3.73. The van der Waals surface area contributed by atoms with Gasteiger partial charge in [0.25, 0.3) is 0 Å². The van der Waals surface area contributed by atoms with E-state index in [1.165, 1.54) is 5.56 Å². The van der Waals surface area contributed by atoms with Crippen molar-refractivity contribution >= 4 is 21.6 Å². The third-order valence-corrected chi connectivity index (χ3v) is 5.13. The van der Waals surface area contributed by atoms with E-state index in [0.717, 1.165) is 28.6 Å². The molecule has 106 valence electrons. The summed E-state index contributed by atoms with van der Waals surface area (Å²) in [5.74, 6) is 0. The summed E-state index contributed by atoms with van der Waals surface area (Å²) in [5, 5.41) is 13.1. The Morgan fingerprint density at radius 3 is 2.52 bits per heavy atom. The molecule has 0 bridgehead atoms. The topological polar surface area (TPSA) is 35.8 Å². The maximum absolute atomic E-state index is 9.57. The Labute approximate surface area is 133 Å². The molecule has 3 rings (SSSR count). The minimum absolute atomic E-state index is 0.319. The van der Waals surface area contributed by atoms with Crippen LogP contribution in [0.4, 0.5) is 5.69 Å². The zero-order valence-electron chi connectivity index (χ0n) is 11.9. The lowest BCUT2D eigenvalue weighted by molar-refractivity contribution is 0.289. The van der Waals surface area contributed by atoms with Crippen molar-refractivity contribution in [3.8, 4) is 6.07 Å². The average Bonchev–Trinajstić information content (AvgIpc) is 2.47. The predicted octanol–water partition coefficient (Wildman–Crippen LogP) is 4.79. The van der Waals surface area contributed by atoms with Gasteiger partial charge in [0.15, 0.2) is 0 Å². The number of halogens is 1. The van der Waals surface area contributed by atoms with Crippen molar-refractivity contribution in [2.24, 2.45) is 0 Å². The van der Waals surface area contributed by atoms with Gasteiger partial charge in [-0.3, -0.25) is 0 Å². The van der Waals surface area contributed by atoms with Gasteiger partial charge in [-0.15, -0.1) is 0 Å². The summed E-state index contributed by atoms with van der Waals surface area (Å²) in [6.07, 6.45) is 1.72. The van der Waals surface area contributed by atoms with Gasteiger partial charge in [0.1, 0.15) is 0 Å². The van der Waals surface area contributed by atoms with Gasteiger partial charge in [0.05, 0.1) is 11.5 Å². The first kappa shape index (κ1) is 14.2. The molecular formula is C18H17BrN2. The molecule has 1 fully saturated rings. The van der Waals surface area contributed by atoms with Crippen LogP contribution in [0.3, 0.4) is 0 Å². The average molecular weight is 341 g/mol. The Morgan fingerprint density at radius 2 is 1.90 bits per heavy atom. The fraction of sp³-hybridized carbons (Fsp3) is 0.278. The van der Waals surface area contributed by atoms with E-state index in [-0.39, 0.29) is 5.41 Å². The lowest BCUT2D eigenvalue weighted by Gasteiger charge is -2.43. The largest absolute Gasteiger partial charge is 0.382 e. The summed E-state index contributed by atoms with van der Waals surface area (Å²) in [4.78, 5) is 0. The highest BCUT2D eigenvalue weighted by Crippen LogP contribution is 2.44. The van der Waals surface area contributed by atoms with E-state index in [2.05, 4.69) is 64.6 Å². The number of benzene rings is 2. The number of hydrogen-bond acceptors (Lipinski definition) is 2. The van der Waals surface area contributed by atoms with Gasteiger partial charge in [0, 0.05) is 16.2 Å². The molecule has 21 heavy (non-hydrogen) atoms. The highest BCUT2D eigenvalue weighted by Gasteiger charge is 2.46. The number of hydrogen-bond donors (Lipinski definition) is 1. The predicted molar refractivity (Wildman–Crippen MR) is 89.3 cm³/mol. The minimum atomic E-state index is -0.319. The van der Waals surface area contributed by atoms with Crippen LogP contribution in [0.25, 0.3) is 0 Å². The van der Waals surface area contributed by atoms with Gasteiger partial charge in [-0.05, 0) is 43.0 Å². The molecule has 0 aliphatic heterocycles. The molecule has 0 atom stereocenters. The van der Waals surface area contributed by atoms with Crippen molar-refractivity contribution in [1.82, 2.24) is 0 Å². The molecule has 0 radical (unpaired) electrons. The van der Waals surface area contributed by atoms with E-state index in [1.54, 1.807) is 0 Å². The van der Waals surface area contributed by atoms with Gasteiger partial charge in [0.2, 0.25) is 0 Å². The standard InChI is InChI=1S/C18H17BrN2/c1-13-7-8-15(9-17(13)19)21-16-10-18(11-16,12-20)14-5-3-2-4-6-14/h2-9,16,21H,10-11H2,1H3. The van der Waals surface area contributed by atoms with Crippen LogP contribution in [0.15, 0.2) is 53.0 Å². The second kappa shape index (κ2) is 5.54. The molecule has 0 heterocycles. The van der Waals surface area contributed by atoms with E-state index in [1.807, 2.05) is 18.2 Å². The van der Waals surface area contributed by atoms with Gasteiger partial charge < -0.3 is 5.32 Å². The lowest BCUT2D eigenvalue weighted by Crippen LogP contribution is -2.47. The van der Waals surface area contributed by atoms with Crippen molar-refractivity contribution in [2.75, 3.05) is 5.32 Å². The van der Waals surface area contributed by atoms with Crippen LogP contribution in [-0.2, 0) is 5.41 Å². The van der Waals surface area contributed by atoms with Crippen molar-refractivity contribution in [3.05, 3.63) is 64.1 Å². The van der Waals surface area contributed by atoms with Gasteiger partial charge in [-0.25, -0.2) is 0 Å². The fourth-order valence-electron chi connectivity index (χ4n) is 2.95. The molecule has 2 aromatic rings. The molecule has 0 aromatic heterocycles. The number of nitrogens with one attached hydrogen (secondary N) is 1. The Bertz CT molecular complexity index is 682. The van der Waals surface area contributed by atoms with Crippen LogP contribution in [0, 0.1) is 18.3 Å². The zero-order chi connectivity index (χ0) is 14.9. The van der Waals surface area contributed by atoms with Crippen LogP contribution in [-0.4, -0.2) is 6.04 Å². The van der Waals surface area contributed by atoms with E-state index >= 15 is 0 Å². The smallest absolute Gasteiger partial charge is 0.0861 e. The monoisotopic (exact) mass is 340 g/mol. The highest BCUT2D eigenvalue weighted by molar-refractivity contribution is 9.10. The summed E-state index contributed by atoms with van der Waals surface area (Å²) in [6.45, 7) is 2.08. The van der Waals surface area contributed by atoms with E-state index in [4.69, 9.17) is 0 Å². The molecule has 0 unspecified atom stereocenters. The van der Waals surface area contributed by atoms with Crippen LogP contribution in [0.2, 0.25) is 0 Å². The van der Waals surface area contributed by atoms with Crippen LogP contribution < -0.4 is 5.32 Å². The van der Waals surface area contributed by atoms with Crippen molar-refractivity contribution < 1.29 is 0 Å². The molecule has 1 N–H and O–H groups in total. The van der Waals surface area contributed by atoms with Crippen LogP contribution in [0.5, 0.6) is 0 Å². The number of anilines is 1. The number of rotatable bonds is 3. The van der Waals surface area contributed by atoms with Crippen LogP contribution in [0.1, 0.15) is 24.0 Å². The third kappa shape index (κ3) is 2.69. The van der Waals surface area contributed by atoms with E-state index in [0.29, 0.717) is 6.04 Å². The number of nitrogens with zero attached hydrogens (tertiary/aromatic N) is 1. The molecule has 3 heteroatoms. The summed E-state index contributed by atoms with van der Waals surface area (Å²) in [5.41, 5.74) is 3.15. The summed E-state index contributed by atoms with van der Waals surface area (Å²) < 4.78 is 1.11. The molecule has 0 amide bonds. The first-order chi connectivity index (χ1) is 10.1. The first-order valence-electron chi connectivity index (χ1n) is 7.12. The van der Waals surface area contributed by atoms with Crippen molar-refractivity contribution in [2.45, 2.75) is 31.2 Å². The maximum Gasteiger partial charge on any atom is 0.0861 e. The van der Waals surface area contributed by atoms with Crippen molar-refractivity contribution in [3.63, 3.8) is 0 Å². The second-order valence-electron chi connectivity index (χ2n) is 5.77. The second-order valence-corrected chi connectivity index (χ2v) is 6.63. The Hall–Kier alpha value is -1.79. The quantitative estimate of drug-likeness (QED) is 0.871.